The van der Waals surface area contributed by atoms with E-state index in [1.54, 1.807) is 12.1 Å². The Kier molecular flexibility index (Phi) is 11.4. The molecule has 1 aliphatic rings. The number of hydrogen-bond donors (Lipinski definition) is 3. The fourth-order valence-corrected chi connectivity index (χ4v) is 7.29. The maximum absolute atomic E-state index is 13.0. The number of benzene rings is 2. The number of hydrogen-bond acceptors (Lipinski definition) is 11. The van der Waals surface area contributed by atoms with Crippen molar-refractivity contribution in [2.75, 3.05) is 31.7 Å². The Bertz CT molecular complexity index is 1950. The summed E-state index contributed by atoms with van der Waals surface area (Å²) in [5.41, 5.74) is 3.27. The fraction of sp³-hybridized carbons (Fsp3) is 0.297. The van der Waals surface area contributed by atoms with Crippen LogP contribution in [-0.2, 0) is 30.5 Å². The number of rotatable bonds is 15. The van der Waals surface area contributed by atoms with E-state index in [1.807, 2.05) is 78.8 Å². The maximum atomic E-state index is 13.0. The van der Waals surface area contributed by atoms with Crippen LogP contribution in [0.4, 0.5) is 5.82 Å². The molecule has 260 valence electrons. The van der Waals surface area contributed by atoms with Crippen LogP contribution in [0, 0.1) is 0 Å². The summed E-state index contributed by atoms with van der Waals surface area (Å²) in [6, 6.07) is 24.7. The quantitative estimate of drug-likeness (QED) is 0.140. The minimum atomic E-state index is -0.851. The number of amides is 1. The molecule has 2 unspecified atom stereocenters. The van der Waals surface area contributed by atoms with Crippen LogP contribution in [0.2, 0.25) is 0 Å². The minimum Gasteiger partial charge on any atom is -0.493 e. The molecule has 11 nitrogen and oxygen atoms in total. The number of ether oxygens (including phenoxy) is 2. The predicted octanol–water partition coefficient (Wildman–Crippen LogP) is 4.73. The van der Waals surface area contributed by atoms with Gasteiger partial charge in [-0.3, -0.25) is 14.6 Å². The van der Waals surface area contributed by atoms with Gasteiger partial charge in [-0.05, 0) is 72.0 Å². The standard InChI is InChI=1S/C37H39N5O6S2/c1-3-24-7-12-27(38-23-24)17-19-47-28-13-10-26(11-14-28)22-31-35(44)42(37(46)50-31)33-6-4-5-32(39-33)41(2)18-20-48-29-15-8-25(9-16-29)21-30-34(43)40-36(45)49-30/h4-16,23,30,36,44-45H,3,17-22H2,1-2H3,(H,40,43). The van der Waals surface area contributed by atoms with E-state index in [9.17, 15) is 19.8 Å². The summed E-state index contributed by atoms with van der Waals surface area (Å²) >= 11 is 2.20. The zero-order valence-electron chi connectivity index (χ0n) is 27.8. The Morgan fingerprint density at radius 2 is 1.62 bits per heavy atom. The second-order valence-electron chi connectivity index (χ2n) is 11.8. The van der Waals surface area contributed by atoms with Crippen molar-refractivity contribution in [2.24, 2.45) is 0 Å². The lowest BCUT2D eigenvalue weighted by atomic mass is 10.1. The molecule has 1 fully saturated rings. The van der Waals surface area contributed by atoms with E-state index >= 15 is 0 Å². The number of aromatic hydroxyl groups is 1. The number of nitrogens with one attached hydrogen (secondary N) is 1. The number of carbonyl (C=O) groups is 1. The highest BCUT2D eigenvalue weighted by Crippen LogP contribution is 2.28. The SMILES string of the molecule is CCc1ccc(CCOc2ccc(Cc3sc(=O)n(-c4cccc(N(C)CCOc5ccc(CC6SC(O)NC6=O)cc5)n4)c3O)cc2)nc1. The van der Waals surface area contributed by atoms with Crippen molar-refractivity contribution in [3.8, 4) is 23.2 Å². The van der Waals surface area contributed by atoms with Crippen LogP contribution in [-0.4, -0.2) is 68.3 Å². The van der Waals surface area contributed by atoms with Crippen LogP contribution in [0.5, 0.6) is 17.4 Å². The summed E-state index contributed by atoms with van der Waals surface area (Å²) in [7, 11) is 1.88. The molecule has 2 aromatic carbocycles. The van der Waals surface area contributed by atoms with Crippen molar-refractivity contribution in [3.63, 3.8) is 0 Å². The number of pyridine rings is 2. The normalized spacial score (nSPS) is 15.5. The van der Waals surface area contributed by atoms with Gasteiger partial charge in [-0.15, -0.1) is 0 Å². The highest BCUT2D eigenvalue weighted by Gasteiger charge is 2.31. The number of thiazole rings is 1. The highest BCUT2D eigenvalue weighted by molar-refractivity contribution is 8.01. The molecule has 0 radical (unpaired) electrons. The molecular weight excluding hydrogens is 675 g/mol. The molecule has 4 heterocycles. The Morgan fingerprint density at radius 1 is 0.920 bits per heavy atom. The summed E-state index contributed by atoms with van der Waals surface area (Å²) in [5.74, 6) is 2.12. The Balaban J connectivity index is 1.00. The molecule has 0 spiro atoms. The number of anilines is 1. The zero-order valence-corrected chi connectivity index (χ0v) is 29.5. The first-order valence-electron chi connectivity index (χ1n) is 16.4. The van der Waals surface area contributed by atoms with Gasteiger partial charge in [0.05, 0.1) is 23.3 Å². The third-order valence-corrected chi connectivity index (χ3v) is 10.3. The number of likely N-dealkylation sites (N-methyl/N-ethyl adjacent to an activating group) is 1. The van der Waals surface area contributed by atoms with Crippen molar-refractivity contribution >= 4 is 34.8 Å². The van der Waals surface area contributed by atoms with Crippen LogP contribution >= 0.6 is 23.1 Å². The van der Waals surface area contributed by atoms with Crippen LogP contribution < -0.4 is 24.6 Å². The van der Waals surface area contributed by atoms with Gasteiger partial charge in [0, 0.05) is 31.8 Å². The zero-order chi connectivity index (χ0) is 35.0. The van der Waals surface area contributed by atoms with Crippen LogP contribution in [0.1, 0.15) is 34.2 Å². The predicted molar refractivity (Wildman–Crippen MR) is 196 cm³/mol. The number of thioether (sulfide) groups is 1. The second-order valence-corrected chi connectivity index (χ2v) is 14.2. The van der Waals surface area contributed by atoms with E-state index in [4.69, 9.17) is 9.47 Å². The first kappa shape index (κ1) is 35.0. The van der Waals surface area contributed by atoms with E-state index in [0.717, 1.165) is 40.3 Å². The van der Waals surface area contributed by atoms with E-state index in [0.29, 0.717) is 61.3 Å². The number of carbonyl (C=O) groups excluding carboxylic acids is 1. The Hall–Kier alpha value is -4.85. The number of aliphatic hydroxyl groups is 1. The molecule has 3 aromatic heterocycles. The van der Waals surface area contributed by atoms with E-state index in [1.165, 1.54) is 21.9 Å². The summed E-state index contributed by atoms with van der Waals surface area (Å²) in [4.78, 5) is 36.2. The molecule has 6 rings (SSSR count). The van der Waals surface area contributed by atoms with E-state index in [-0.39, 0.29) is 21.9 Å². The summed E-state index contributed by atoms with van der Waals surface area (Å²) in [5, 5.41) is 22.9. The van der Waals surface area contributed by atoms with Crippen LogP contribution in [0.25, 0.3) is 5.82 Å². The van der Waals surface area contributed by atoms with Crippen molar-refractivity contribution in [1.82, 2.24) is 19.9 Å². The molecule has 1 saturated heterocycles. The molecule has 1 aliphatic heterocycles. The number of aromatic nitrogens is 3. The second kappa shape index (κ2) is 16.2. The molecule has 0 bridgehead atoms. The van der Waals surface area contributed by atoms with Gasteiger partial charge in [0.1, 0.15) is 29.7 Å². The van der Waals surface area contributed by atoms with Crippen molar-refractivity contribution in [3.05, 3.63) is 122 Å². The maximum Gasteiger partial charge on any atom is 0.316 e. The minimum absolute atomic E-state index is 0.121. The van der Waals surface area contributed by atoms with E-state index < -0.39 is 5.56 Å². The fourth-order valence-electron chi connectivity index (χ4n) is 5.41. The molecule has 50 heavy (non-hydrogen) atoms. The summed E-state index contributed by atoms with van der Waals surface area (Å²) in [6.45, 7) is 3.53. The van der Waals surface area contributed by atoms with Gasteiger partial charge in [-0.1, -0.05) is 66.4 Å². The Labute approximate surface area is 298 Å². The largest absolute Gasteiger partial charge is 0.493 e. The van der Waals surface area contributed by atoms with Crippen molar-refractivity contribution in [1.29, 1.82) is 0 Å². The van der Waals surface area contributed by atoms with Gasteiger partial charge < -0.3 is 29.9 Å². The summed E-state index contributed by atoms with van der Waals surface area (Å²) < 4.78 is 13.1. The van der Waals surface area contributed by atoms with Crippen LogP contribution in [0.15, 0.2) is 89.9 Å². The van der Waals surface area contributed by atoms with Gasteiger partial charge in [0.25, 0.3) is 0 Å². The molecule has 2 atom stereocenters. The first-order valence-corrected chi connectivity index (χ1v) is 18.1. The molecule has 0 aliphatic carbocycles. The lowest BCUT2D eigenvalue weighted by Gasteiger charge is -2.19. The van der Waals surface area contributed by atoms with Crippen molar-refractivity contribution in [2.45, 2.75) is 43.4 Å². The average Bonchev–Trinajstić information content (AvgIpc) is 3.60. The Morgan fingerprint density at radius 3 is 2.28 bits per heavy atom. The highest BCUT2D eigenvalue weighted by atomic mass is 32.2. The summed E-state index contributed by atoms with van der Waals surface area (Å²) in [6.07, 6.45) is 4.50. The van der Waals surface area contributed by atoms with Gasteiger partial charge in [0.15, 0.2) is 5.56 Å². The first-order chi connectivity index (χ1) is 24.2. The number of aryl methyl sites for hydroxylation is 1. The smallest absolute Gasteiger partial charge is 0.316 e. The molecular formula is C37H39N5O6S2. The molecule has 5 aromatic rings. The monoisotopic (exact) mass is 713 g/mol. The molecule has 13 heteroatoms. The van der Waals surface area contributed by atoms with Gasteiger partial charge in [-0.25, -0.2) is 9.55 Å². The van der Waals surface area contributed by atoms with Crippen molar-refractivity contribution < 1.29 is 24.5 Å². The lowest BCUT2D eigenvalue weighted by molar-refractivity contribution is -0.121. The topological polar surface area (TPSA) is 139 Å². The van der Waals surface area contributed by atoms with E-state index in [2.05, 4.69) is 28.3 Å². The third-order valence-electron chi connectivity index (χ3n) is 8.29. The molecule has 0 saturated carbocycles. The average molecular weight is 714 g/mol. The number of nitrogens with zero attached hydrogens (tertiary/aromatic N) is 4. The lowest BCUT2D eigenvalue weighted by Crippen LogP contribution is -2.27. The molecule has 3 N–H and O–H groups in total. The van der Waals surface area contributed by atoms with Gasteiger partial charge in [-0.2, -0.15) is 0 Å². The number of aliphatic hydroxyl groups excluding tert-OH is 1. The van der Waals surface area contributed by atoms with Gasteiger partial charge in [0.2, 0.25) is 11.8 Å². The van der Waals surface area contributed by atoms with Gasteiger partial charge >= 0.3 is 4.87 Å². The van der Waals surface area contributed by atoms with Crippen LogP contribution in [0.3, 0.4) is 0 Å². The third kappa shape index (κ3) is 8.84. The molecule has 1 amide bonds.